The monoisotopic (exact) mass is 251 g/mol. The highest BCUT2D eigenvalue weighted by Crippen LogP contribution is 2.50. The van der Waals surface area contributed by atoms with E-state index in [0.717, 1.165) is 24.8 Å². The van der Waals surface area contributed by atoms with E-state index < -0.39 is 0 Å². The summed E-state index contributed by atoms with van der Waals surface area (Å²) in [7, 11) is 0. The SMILES string of the molecule is CCC(C)NC(=O)C1(c2ccccc2Cl)CC1. The second kappa shape index (κ2) is 4.69. The van der Waals surface area contributed by atoms with E-state index in [-0.39, 0.29) is 17.4 Å². The van der Waals surface area contributed by atoms with Gasteiger partial charge in [0.15, 0.2) is 0 Å². The predicted molar refractivity (Wildman–Crippen MR) is 70.3 cm³/mol. The minimum Gasteiger partial charge on any atom is -0.353 e. The van der Waals surface area contributed by atoms with E-state index in [4.69, 9.17) is 11.6 Å². The molecule has 1 N–H and O–H groups in total. The standard InChI is InChI=1S/C14H18ClNO/c1-3-10(2)16-13(17)14(8-9-14)11-6-4-5-7-12(11)15/h4-7,10H,3,8-9H2,1-2H3,(H,16,17). The van der Waals surface area contributed by atoms with Crippen LogP contribution in [-0.2, 0) is 10.2 Å². The molecule has 1 aliphatic carbocycles. The first-order valence-corrected chi connectivity index (χ1v) is 6.54. The fourth-order valence-electron chi connectivity index (χ4n) is 2.06. The Labute approximate surface area is 107 Å². The van der Waals surface area contributed by atoms with Crippen LogP contribution in [0.2, 0.25) is 5.02 Å². The highest BCUT2D eigenvalue weighted by Gasteiger charge is 2.52. The number of hydrogen-bond donors (Lipinski definition) is 1. The molecule has 3 heteroatoms. The number of benzene rings is 1. The molecule has 0 spiro atoms. The van der Waals surface area contributed by atoms with Crippen molar-refractivity contribution in [3.05, 3.63) is 34.9 Å². The lowest BCUT2D eigenvalue weighted by Gasteiger charge is -2.20. The lowest BCUT2D eigenvalue weighted by molar-refractivity contribution is -0.124. The molecule has 0 aromatic heterocycles. The molecule has 0 radical (unpaired) electrons. The lowest BCUT2D eigenvalue weighted by atomic mass is 9.94. The van der Waals surface area contributed by atoms with Crippen LogP contribution >= 0.6 is 11.6 Å². The predicted octanol–water partition coefficient (Wildman–Crippen LogP) is 3.29. The van der Waals surface area contributed by atoms with Crippen LogP contribution < -0.4 is 5.32 Å². The van der Waals surface area contributed by atoms with Crippen LogP contribution in [-0.4, -0.2) is 11.9 Å². The van der Waals surface area contributed by atoms with Gasteiger partial charge in [-0.2, -0.15) is 0 Å². The van der Waals surface area contributed by atoms with Crippen molar-refractivity contribution in [1.82, 2.24) is 5.32 Å². The molecule has 2 rings (SSSR count). The van der Waals surface area contributed by atoms with Gasteiger partial charge >= 0.3 is 0 Å². The Balaban J connectivity index is 2.20. The largest absolute Gasteiger partial charge is 0.353 e. The quantitative estimate of drug-likeness (QED) is 0.874. The van der Waals surface area contributed by atoms with Gasteiger partial charge in [0.1, 0.15) is 0 Å². The van der Waals surface area contributed by atoms with Crippen LogP contribution in [0.3, 0.4) is 0 Å². The van der Waals surface area contributed by atoms with Crippen LogP contribution in [0.15, 0.2) is 24.3 Å². The third-order valence-electron chi connectivity index (χ3n) is 3.56. The highest BCUT2D eigenvalue weighted by molar-refractivity contribution is 6.31. The average molecular weight is 252 g/mol. The summed E-state index contributed by atoms with van der Waals surface area (Å²) in [4.78, 5) is 12.3. The molecule has 1 aromatic carbocycles. The Bertz CT molecular complexity index is 426. The van der Waals surface area contributed by atoms with Gasteiger partial charge in [-0.3, -0.25) is 4.79 Å². The van der Waals surface area contributed by atoms with Gasteiger partial charge in [-0.15, -0.1) is 0 Å². The molecule has 1 amide bonds. The zero-order chi connectivity index (χ0) is 12.5. The first kappa shape index (κ1) is 12.4. The van der Waals surface area contributed by atoms with Crippen molar-refractivity contribution in [2.75, 3.05) is 0 Å². The van der Waals surface area contributed by atoms with Gasteiger partial charge in [0.25, 0.3) is 0 Å². The van der Waals surface area contributed by atoms with Crippen molar-refractivity contribution >= 4 is 17.5 Å². The molecule has 1 unspecified atom stereocenters. The zero-order valence-corrected chi connectivity index (χ0v) is 11.1. The average Bonchev–Trinajstić information content (AvgIpc) is 3.10. The Kier molecular flexibility index (Phi) is 3.43. The van der Waals surface area contributed by atoms with Crippen molar-refractivity contribution in [2.24, 2.45) is 0 Å². The lowest BCUT2D eigenvalue weighted by Crippen LogP contribution is -2.40. The molecule has 17 heavy (non-hydrogen) atoms. The van der Waals surface area contributed by atoms with E-state index in [0.29, 0.717) is 5.02 Å². The van der Waals surface area contributed by atoms with E-state index in [1.807, 2.05) is 31.2 Å². The molecular formula is C14H18ClNO. The molecule has 1 saturated carbocycles. The van der Waals surface area contributed by atoms with Crippen molar-refractivity contribution in [3.63, 3.8) is 0 Å². The van der Waals surface area contributed by atoms with Crippen LogP contribution in [0, 0.1) is 0 Å². The molecule has 1 fully saturated rings. The van der Waals surface area contributed by atoms with Crippen molar-refractivity contribution in [1.29, 1.82) is 0 Å². The summed E-state index contributed by atoms with van der Waals surface area (Å²) in [6, 6.07) is 7.88. The summed E-state index contributed by atoms with van der Waals surface area (Å²) in [5.41, 5.74) is 0.615. The van der Waals surface area contributed by atoms with Crippen molar-refractivity contribution in [2.45, 2.75) is 44.6 Å². The van der Waals surface area contributed by atoms with E-state index in [9.17, 15) is 4.79 Å². The highest BCUT2D eigenvalue weighted by atomic mass is 35.5. The molecular weight excluding hydrogens is 234 g/mol. The number of nitrogens with one attached hydrogen (secondary N) is 1. The third-order valence-corrected chi connectivity index (χ3v) is 3.89. The summed E-state index contributed by atoms with van der Waals surface area (Å²) in [5, 5.41) is 3.76. The van der Waals surface area contributed by atoms with Crippen molar-refractivity contribution < 1.29 is 4.79 Å². The first-order chi connectivity index (χ1) is 8.10. The van der Waals surface area contributed by atoms with Gasteiger partial charge in [-0.05, 0) is 37.8 Å². The van der Waals surface area contributed by atoms with E-state index in [1.54, 1.807) is 0 Å². The molecule has 2 nitrogen and oxygen atoms in total. The van der Waals surface area contributed by atoms with Gasteiger partial charge in [0.05, 0.1) is 5.41 Å². The summed E-state index contributed by atoms with van der Waals surface area (Å²) >= 11 is 6.18. The Morgan fingerprint density at radius 1 is 1.47 bits per heavy atom. The fraction of sp³-hybridized carbons (Fsp3) is 0.500. The smallest absolute Gasteiger partial charge is 0.230 e. The van der Waals surface area contributed by atoms with Gasteiger partial charge in [-0.1, -0.05) is 36.7 Å². The van der Waals surface area contributed by atoms with Crippen LogP contribution in [0.4, 0.5) is 0 Å². The van der Waals surface area contributed by atoms with Gasteiger partial charge in [0, 0.05) is 11.1 Å². The van der Waals surface area contributed by atoms with Crippen molar-refractivity contribution in [3.8, 4) is 0 Å². The maximum Gasteiger partial charge on any atom is 0.230 e. The molecule has 1 aliphatic rings. The summed E-state index contributed by atoms with van der Waals surface area (Å²) in [6.07, 6.45) is 2.75. The van der Waals surface area contributed by atoms with Crippen LogP contribution in [0.5, 0.6) is 0 Å². The number of carbonyl (C=O) groups excluding carboxylic acids is 1. The molecule has 1 aromatic rings. The minimum atomic E-state index is -0.359. The van der Waals surface area contributed by atoms with Crippen LogP contribution in [0.25, 0.3) is 0 Å². The van der Waals surface area contributed by atoms with E-state index in [1.165, 1.54) is 0 Å². The Hall–Kier alpha value is -1.02. The second-order valence-corrected chi connectivity index (χ2v) is 5.25. The molecule has 1 atom stereocenters. The maximum absolute atomic E-state index is 12.3. The third kappa shape index (κ3) is 2.32. The van der Waals surface area contributed by atoms with Gasteiger partial charge in [-0.25, -0.2) is 0 Å². The Morgan fingerprint density at radius 2 is 2.12 bits per heavy atom. The zero-order valence-electron chi connectivity index (χ0n) is 10.3. The first-order valence-electron chi connectivity index (χ1n) is 6.16. The maximum atomic E-state index is 12.3. The molecule has 0 saturated heterocycles. The normalized spacial score (nSPS) is 18.5. The molecule has 0 bridgehead atoms. The molecule has 0 aliphatic heterocycles. The minimum absolute atomic E-state index is 0.125. The fourth-order valence-corrected chi connectivity index (χ4v) is 2.37. The number of rotatable bonds is 4. The number of halogens is 1. The molecule has 0 heterocycles. The van der Waals surface area contributed by atoms with E-state index in [2.05, 4.69) is 12.2 Å². The topological polar surface area (TPSA) is 29.1 Å². The summed E-state index contributed by atoms with van der Waals surface area (Å²) < 4.78 is 0. The van der Waals surface area contributed by atoms with E-state index >= 15 is 0 Å². The number of carbonyl (C=O) groups is 1. The summed E-state index contributed by atoms with van der Waals surface area (Å²) in [6.45, 7) is 4.10. The Morgan fingerprint density at radius 3 is 2.65 bits per heavy atom. The van der Waals surface area contributed by atoms with Gasteiger partial charge < -0.3 is 5.32 Å². The number of hydrogen-bond acceptors (Lipinski definition) is 1. The van der Waals surface area contributed by atoms with Crippen LogP contribution in [0.1, 0.15) is 38.7 Å². The molecule has 92 valence electrons. The second-order valence-electron chi connectivity index (χ2n) is 4.84. The number of amides is 1. The summed E-state index contributed by atoms with van der Waals surface area (Å²) in [5.74, 6) is 0.125. The van der Waals surface area contributed by atoms with Gasteiger partial charge in [0.2, 0.25) is 5.91 Å².